The van der Waals surface area contributed by atoms with Gasteiger partial charge >= 0.3 is 0 Å². The zero-order chi connectivity index (χ0) is 14.9. The van der Waals surface area contributed by atoms with Gasteiger partial charge in [-0.3, -0.25) is 4.79 Å². The summed E-state index contributed by atoms with van der Waals surface area (Å²) in [7, 11) is 0. The van der Waals surface area contributed by atoms with Crippen LogP contribution in [0.5, 0.6) is 0 Å². The number of benzene rings is 1. The van der Waals surface area contributed by atoms with Crippen molar-refractivity contribution in [3.05, 3.63) is 35.2 Å². The van der Waals surface area contributed by atoms with Crippen LogP contribution in [-0.2, 0) is 0 Å². The van der Waals surface area contributed by atoms with Crippen molar-refractivity contribution in [3.8, 4) is 0 Å². The number of alkyl halides is 1. The fourth-order valence-electron chi connectivity index (χ4n) is 3.32. The number of fused-ring (bicyclic) bond motifs is 1. The van der Waals surface area contributed by atoms with Gasteiger partial charge in [-0.15, -0.1) is 11.3 Å². The van der Waals surface area contributed by atoms with E-state index in [4.69, 9.17) is 0 Å². The number of carbonyl (C=O) groups excluding carboxylic acids is 1. The van der Waals surface area contributed by atoms with Crippen molar-refractivity contribution < 1.29 is 4.79 Å². The first-order chi connectivity index (χ1) is 10.1. The second-order valence-electron chi connectivity index (χ2n) is 6.22. The van der Waals surface area contributed by atoms with Gasteiger partial charge < -0.3 is 5.32 Å². The lowest BCUT2D eigenvalue weighted by Gasteiger charge is -2.39. The molecule has 3 rings (SSSR count). The fraction of sp³-hybridized carbons (Fsp3) is 0.471. The fourth-order valence-corrected chi connectivity index (χ4v) is 4.93. The number of amides is 1. The van der Waals surface area contributed by atoms with Gasteiger partial charge in [-0.1, -0.05) is 53.9 Å². The largest absolute Gasteiger partial charge is 0.345 e. The van der Waals surface area contributed by atoms with E-state index in [0.717, 1.165) is 28.4 Å². The SMILES string of the molecule is CC1CCCC(CBr)(NC(=O)c2cc3ccccc3s2)C1. The molecule has 1 amide bonds. The van der Waals surface area contributed by atoms with E-state index in [1.807, 2.05) is 18.2 Å². The van der Waals surface area contributed by atoms with Crippen LogP contribution in [-0.4, -0.2) is 16.8 Å². The topological polar surface area (TPSA) is 29.1 Å². The molecule has 0 spiro atoms. The number of halogens is 1. The van der Waals surface area contributed by atoms with Crippen molar-refractivity contribution in [2.45, 2.75) is 38.1 Å². The molecule has 112 valence electrons. The van der Waals surface area contributed by atoms with Gasteiger partial charge in [0.1, 0.15) is 0 Å². The molecule has 0 bridgehead atoms. The van der Waals surface area contributed by atoms with Gasteiger partial charge in [0.25, 0.3) is 5.91 Å². The summed E-state index contributed by atoms with van der Waals surface area (Å²) in [6, 6.07) is 10.2. The van der Waals surface area contributed by atoms with E-state index in [2.05, 4.69) is 40.3 Å². The molecule has 0 radical (unpaired) electrons. The van der Waals surface area contributed by atoms with Gasteiger partial charge in [0.2, 0.25) is 0 Å². The third-order valence-corrected chi connectivity index (χ3v) is 6.56. The molecule has 2 unspecified atom stereocenters. The Labute approximate surface area is 138 Å². The average molecular weight is 366 g/mol. The monoisotopic (exact) mass is 365 g/mol. The highest BCUT2D eigenvalue weighted by Crippen LogP contribution is 2.34. The number of thiophene rings is 1. The second kappa shape index (κ2) is 6.09. The van der Waals surface area contributed by atoms with Crippen LogP contribution in [0.3, 0.4) is 0 Å². The third-order valence-electron chi connectivity index (χ3n) is 4.38. The molecule has 1 aromatic carbocycles. The number of rotatable bonds is 3. The number of carbonyl (C=O) groups is 1. The molecule has 2 nitrogen and oxygen atoms in total. The molecule has 1 saturated carbocycles. The van der Waals surface area contributed by atoms with Crippen LogP contribution in [0.25, 0.3) is 10.1 Å². The van der Waals surface area contributed by atoms with Crippen LogP contribution in [0.2, 0.25) is 0 Å². The highest BCUT2D eigenvalue weighted by molar-refractivity contribution is 9.09. The third kappa shape index (κ3) is 3.16. The Morgan fingerprint density at radius 2 is 2.29 bits per heavy atom. The zero-order valence-corrected chi connectivity index (χ0v) is 14.6. The van der Waals surface area contributed by atoms with Gasteiger partial charge in [0.15, 0.2) is 0 Å². The lowest BCUT2D eigenvalue weighted by molar-refractivity contribution is 0.0874. The van der Waals surface area contributed by atoms with E-state index in [0.29, 0.717) is 5.92 Å². The van der Waals surface area contributed by atoms with E-state index in [1.165, 1.54) is 17.5 Å². The van der Waals surface area contributed by atoms with Gasteiger partial charge in [-0.25, -0.2) is 0 Å². The van der Waals surface area contributed by atoms with E-state index >= 15 is 0 Å². The van der Waals surface area contributed by atoms with Crippen molar-refractivity contribution in [3.63, 3.8) is 0 Å². The minimum atomic E-state index is -0.0784. The van der Waals surface area contributed by atoms with Crippen LogP contribution in [0, 0.1) is 5.92 Å². The van der Waals surface area contributed by atoms with Crippen molar-refractivity contribution in [2.24, 2.45) is 5.92 Å². The molecular formula is C17H20BrNOS. The molecule has 0 saturated heterocycles. The van der Waals surface area contributed by atoms with Crippen molar-refractivity contribution >= 4 is 43.3 Å². The Kier molecular flexibility index (Phi) is 4.36. The first-order valence-corrected chi connectivity index (χ1v) is 9.43. The number of hydrogen-bond donors (Lipinski definition) is 1. The quantitative estimate of drug-likeness (QED) is 0.763. The molecule has 4 heteroatoms. The van der Waals surface area contributed by atoms with Crippen molar-refractivity contribution in [1.29, 1.82) is 0 Å². The molecule has 2 aromatic rings. The highest BCUT2D eigenvalue weighted by Gasteiger charge is 2.35. The van der Waals surface area contributed by atoms with Gasteiger partial charge in [-0.05, 0) is 36.3 Å². The minimum Gasteiger partial charge on any atom is -0.345 e. The summed E-state index contributed by atoms with van der Waals surface area (Å²) in [5.74, 6) is 0.753. The normalized spacial score (nSPS) is 25.9. The molecule has 21 heavy (non-hydrogen) atoms. The molecule has 0 aliphatic heterocycles. The first-order valence-electron chi connectivity index (χ1n) is 7.49. The lowest BCUT2D eigenvalue weighted by Crippen LogP contribution is -2.52. The molecule has 1 heterocycles. The van der Waals surface area contributed by atoms with E-state index < -0.39 is 0 Å². The summed E-state index contributed by atoms with van der Waals surface area (Å²) in [4.78, 5) is 13.4. The molecule has 1 fully saturated rings. The zero-order valence-electron chi connectivity index (χ0n) is 12.2. The average Bonchev–Trinajstić information content (AvgIpc) is 2.91. The Morgan fingerprint density at radius 1 is 1.48 bits per heavy atom. The smallest absolute Gasteiger partial charge is 0.261 e. The maximum Gasteiger partial charge on any atom is 0.261 e. The molecule has 2 atom stereocenters. The van der Waals surface area contributed by atoms with Gasteiger partial charge in [-0.2, -0.15) is 0 Å². The molecule has 1 aliphatic rings. The summed E-state index contributed by atoms with van der Waals surface area (Å²) in [6.07, 6.45) is 4.60. The van der Waals surface area contributed by atoms with Crippen LogP contribution in [0.4, 0.5) is 0 Å². The van der Waals surface area contributed by atoms with Crippen molar-refractivity contribution in [2.75, 3.05) is 5.33 Å². The second-order valence-corrected chi connectivity index (χ2v) is 7.86. The molecule has 1 N–H and O–H groups in total. The first kappa shape index (κ1) is 15.0. The Morgan fingerprint density at radius 3 is 3.00 bits per heavy atom. The Bertz CT molecular complexity index is 620. The van der Waals surface area contributed by atoms with Crippen LogP contribution in [0.15, 0.2) is 30.3 Å². The summed E-state index contributed by atoms with van der Waals surface area (Å²) in [6.45, 7) is 2.28. The van der Waals surface area contributed by atoms with Crippen LogP contribution >= 0.6 is 27.3 Å². The molecule has 1 aliphatic carbocycles. The van der Waals surface area contributed by atoms with Gasteiger partial charge in [0.05, 0.1) is 10.4 Å². The standard InChI is InChI=1S/C17H20BrNOS/c1-12-5-4-8-17(10-12,11-18)19-16(20)15-9-13-6-2-3-7-14(13)21-15/h2-3,6-7,9,12H,4-5,8,10-11H2,1H3,(H,19,20). The number of nitrogens with one attached hydrogen (secondary N) is 1. The van der Waals surface area contributed by atoms with E-state index in [1.54, 1.807) is 11.3 Å². The summed E-state index contributed by atoms with van der Waals surface area (Å²) < 4.78 is 1.17. The van der Waals surface area contributed by atoms with E-state index in [9.17, 15) is 4.79 Å². The maximum atomic E-state index is 12.6. The summed E-state index contributed by atoms with van der Waals surface area (Å²) >= 11 is 5.20. The van der Waals surface area contributed by atoms with Crippen LogP contribution < -0.4 is 5.32 Å². The minimum absolute atomic E-state index is 0.0738. The molecule has 1 aromatic heterocycles. The predicted molar refractivity (Wildman–Crippen MR) is 93.4 cm³/mol. The maximum absolute atomic E-state index is 12.6. The van der Waals surface area contributed by atoms with Gasteiger partial charge in [0, 0.05) is 10.0 Å². The Hall–Kier alpha value is -0.870. The highest BCUT2D eigenvalue weighted by atomic mass is 79.9. The molecular weight excluding hydrogens is 346 g/mol. The van der Waals surface area contributed by atoms with Crippen molar-refractivity contribution in [1.82, 2.24) is 5.32 Å². The van der Waals surface area contributed by atoms with E-state index in [-0.39, 0.29) is 11.4 Å². The summed E-state index contributed by atoms with van der Waals surface area (Å²) in [5, 5.41) is 5.30. The van der Waals surface area contributed by atoms with Crippen LogP contribution in [0.1, 0.15) is 42.3 Å². The lowest BCUT2D eigenvalue weighted by atomic mass is 9.77. The summed E-state index contributed by atoms with van der Waals surface area (Å²) in [5.41, 5.74) is -0.0784. The Balaban J connectivity index is 1.81. The number of hydrogen-bond acceptors (Lipinski definition) is 2. The predicted octanol–water partition coefficient (Wildman–Crippen LogP) is 4.97.